The number of benzene rings is 2. The zero-order valence-electron chi connectivity index (χ0n) is 15.9. The quantitative estimate of drug-likeness (QED) is 0.632. The van der Waals surface area contributed by atoms with E-state index in [0.717, 1.165) is 11.1 Å². The van der Waals surface area contributed by atoms with Crippen LogP contribution in [0.1, 0.15) is 37.0 Å². The van der Waals surface area contributed by atoms with E-state index in [4.69, 9.17) is 4.74 Å². The van der Waals surface area contributed by atoms with E-state index in [1.54, 1.807) is 24.3 Å². The van der Waals surface area contributed by atoms with Crippen LogP contribution in [0.5, 0.6) is 0 Å². The van der Waals surface area contributed by atoms with Crippen molar-refractivity contribution >= 4 is 15.7 Å². The summed E-state index contributed by atoms with van der Waals surface area (Å²) in [5.74, 6) is -0.453. The average molecular weight is 390 g/mol. The number of ether oxygens (including phenoxy) is 1. The van der Waals surface area contributed by atoms with Gasteiger partial charge in [0.1, 0.15) is 0 Å². The SMILES string of the molecule is Cc1ccc(S(=O)(=O)CCC(=O)NCCCOC(C)c2ccccc2)cc1. The first-order valence-electron chi connectivity index (χ1n) is 9.11. The van der Waals surface area contributed by atoms with Crippen LogP contribution in [0.2, 0.25) is 0 Å². The van der Waals surface area contributed by atoms with Gasteiger partial charge in [-0.15, -0.1) is 0 Å². The van der Waals surface area contributed by atoms with Crippen LogP contribution < -0.4 is 5.32 Å². The zero-order valence-corrected chi connectivity index (χ0v) is 16.7. The Balaban J connectivity index is 1.64. The zero-order chi connectivity index (χ0) is 19.7. The van der Waals surface area contributed by atoms with Gasteiger partial charge in [0, 0.05) is 19.6 Å². The molecular weight excluding hydrogens is 362 g/mol. The minimum atomic E-state index is -3.43. The second-order valence-corrected chi connectivity index (χ2v) is 8.62. The van der Waals surface area contributed by atoms with Crippen LogP contribution in [0.3, 0.4) is 0 Å². The van der Waals surface area contributed by atoms with E-state index in [1.165, 1.54) is 0 Å². The predicted octanol–water partition coefficient (Wildman–Crippen LogP) is 3.44. The van der Waals surface area contributed by atoms with Gasteiger partial charge >= 0.3 is 0 Å². The number of carbonyl (C=O) groups excluding carboxylic acids is 1. The third kappa shape index (κ3) is 7.15. The molecule has 0 aliphatic rings. The molecule has 1 unspecified atom stereocenters. The van der Waals surface area contributed by atoms with Gasteiger partial charge in [-0.1, -0.05) is 48.0 Å². The number of hydrogen-bond donors (Lipinski definition) is 1. The molecule has 1 amide bonds. The Kier molecular flexibility index (Phi) is 8.00. The first-order chi connectivity index (χ1) is 12.9. The molecule has 1 N–H and O–H groups in total. The molecule has 0 aliphatic carbocycles. The van der Waals surface area contributed by atoms with Gasteiger partial charge in [0.05, 0.1) is 16.8 Å². The van der Waals surface area contributed by atoms with Crippen molar-refractivity contribution in [2.24, 2.45) is 0 Å². The summed E-state index contributed by atoms with van der Waals surface area (Å²) in [7, 11) is -3.43. The minimum absolute atomic E-state index is 0.00144. The van der Waals surface area contributed by atoms with Crippen LogP contribution in [0.15, 0.2) is 59.5 Å². The molecule has 6 heteroatoms. The fraction of sp³-hybridized carbons (Fsp3) is 0.381. The Morgan fingerprint density at radius 3 is 2.41 bits per heavy atom. The Hall–Kier alpha value is -2.18. The molecule has 0 radical (unpaired) electrons. The van der Waals surface area contributed by atoms with E-state index in [-0.39, 0.29) is 29.1 Å². The second-order valence-electron chi connectivity index (χ2n) is 6.51. The first-order valence-corrected chi connectivity index (χ1v) is 10.8. The lowest BCUT2D eigenvalue weighted by atomic mass is 10.1. The van der Waals surface area contributed by atoms with Crippen molar-refractivity contribution in [3.63, 3.8) is 0 Å². The van der Waals surface area contributed by atoms with E-state index >= 15 is 0 Å². The average Bonchev–Trinajstić information content (AvgIpc) is 2.67. The van der Waals surface area contributed by atoms with Crippen molar-refractivity contribution in [3.8, 4) is 0 Å². The molecule has 2 rings (SSSR count). The van der Waals surface area contributed by atoms with Crippen molar-refractivity contribution in [3.05, 3.63) is 65.7 Å². The molecule has 27 heavy (non-hydrogen) atoms. The maximum atomic E-state index is 12.2. The highest BCUT2D eigenvalue weighted by Crippen LogP contribution is 2.16. The van der Waals surface area contributed by atoms with Crippen molar-refractivity contribution in [2.75, 3.05) is 18.9 Å². The van der Waals surface area contributed by atoms with E-state index in [1.807, 2.05) is 44.2 Å². The van der Waals surface area contributed by atoms with Crippen LogP contribution in [-0.2, 0) is 19.4 Å². The standard InChI is InChI=1S/C21H27NO4S/c1-17-9-11-20(12-10-17)27(24,25)16-13-21(23)22-14-6-15-26-18(2)19-7-4-3-5-8-19/h3-5,7-12,18H,6,13-16H2,1-2H3,(H,22,23). The summed E-state index contributed by atoms with van der Waals surface area (Å²) in [6.07, 6.45) is 0.632. The first kappa shape index (κ1) is 21.1. The molecule has 0 spiro atoms. The molecule has 0 saturated carbocycles. The summed E-state index contributed by atoms with van der Waals surface area (Å²) in [6.45, 7) is 4.88. The van der Waals surface area contributed by atoms with Crippen molar-refractivity contribution < 1.29 is 17.9 Å². The highest BCUT2D eigenvalue weighted by molar-refractivity contribution is 7.91. The van der Waals surface area contributed by atoms with Gasteiger partial charge in [0.2, 0.25) is 5.91 Å². The molecule has 0 bridgehead atoms. The monoisotopic (exact) mass is 389 g/mol. The summed E-state index contributed by atoms with van der Waals surface area (Å²) in [5.41, 5.74) is 2.11. The van der Waals surface area contributed by atoms with Gasteiger partial charge in [0.15, 0.2) is 9.84 Å². The van der Waals surface area contributed by atoms with Gasteiger partial charge < -0.3 is 10.1 Å². The molecule has 0 heterocycles. The van der Waals surface area contributed by atoms with Crippen LogP contribution in [0, 0.1) is 6.92 Å². The molecule has 0 aromatic heterocycles. The van der Waals surface area contributed by atoms with Crippen molar-refractivity contribution in [1.29, 1.82) is 0 Å². The van der Waals surface area contributed by atoms with E-state index in [2.05, 4.69) is 5.32 Å². The smallest absolute Gasteiger partial charge is 0.221 e. The summed E-state index contributed by atoms with van der Waals surface area (Å²) in [4.78, 5) is 12.1. The highest BCUT2D eigenvalue weighted by Gasteiger charge is 2.16. The Morgan fingerprint density at radius 1 is 1.07 bits per heavy atom. The van der Waals surface area contributed by atoms with E-state index < -0.39 is 9.84 Å². The molecule has 2 aromatic carbocycles. The topological polar surface area (TPSA) is 72.5 Å². The molecule has 146 valence electrons. The maximum absolute atomic E-state index is 12.2. The minimum Gasteiger partial charge on any atom is -0.374 e. The number of carbonyl (C=O) groups is 1. The molecule has 1 atom stereocenters. The fourth-order valence-corrected chi connectivity index (χ4v) is 3.80. The molecule has 2 aromatic rings. The summed E-state index contributed by atoms with van der Waals surface area (Å²) in [6, 6.07) is 16.6. The second kappa shape index (κ2) is 10.2. The van der Waals surface area contributed by atoms with Gasteiger partial charge in [-0.05, 0) is 38.0 Å². The normalized spacial score (nSPS) is 12.5. The Bertz CT molecular complexity index is 817. The lowest BCUT2D eigenvalue weighted by Crippen LogP contribution is -2.27. The number of nitrogens with one attached hydrogen (secondary N) is 1. The highest BCUT2D eigenvalue weighted by atomic mass is 32.2. The molecular formula is C21H27NO4S. The lowest BCUT2D eigenvalue weighted by molar-refractivity contribution is -0.120. The Labute approximate surface area is 161 Å². The summed E-state index contributed by atoms with van der Waals surface area (Å²) < 4.78 is 30.2. The summed E-state index contributed by atoms with van der Waals surface area (Å²) in [5, 5.41) is 2.75. The van der Waals surface area contributed by atoms with Gasteiger partial charge in [-0.25, -0.2) is 8.42 Å². The van der Waals surface area contributed by atoms with Gasteiger partial charge in [-0.2, -0.15) is 0 Å². The van der Waals surface area contributed by atoms with Crippen LogP contribution in [0.25, 0.3) is 0 Å². The third-order valence-corrected chi connectivity index (χ3v) is 5.99. The van der Waals surface area contributed by atoms with E-state index in [0.29, 0.717) is 19.6 Å². The number of sulfone groups is 1. The number of rotatable bonds is 10. The van der Waals surface area contributed by atoms with Crippen LogP contribution >= 0.6 is 0 Å². The van der Waals surface area contributed by atoms with Crippen LogP contribution in [-0.4, -0.2) is 33.2 Å². The predicted molar refractivity (Wildman–Crippen MR) is 106 cm³/mol. The van der Waals surface area contributed by atoms with Gasteiger partial charge in [-0.3, -0.25) is 4.79 Å². The maximum Gasteiger partial charge on any atom is 0.221 e. The Morgan fingerprint density at radius 2 is 1.74 bits per heavy atom. The fourth-order valence-electron chi connectivity index (χ4n) is 2.56. The van der Waals surface area contributed by atoms with Crippen molar-refractivity contribution in [2.45, 2.75) is 37.7 Å². The van der Waals surface area contributed by atoms with Crippen LogP contribution in [0.4, 0.5) is 0 Å². The molecule has 5 nitrogen and oxygen atoms in total. The summed E-state index contributed by atoms with van der Waals surface area (Å²) >= 11 is 0. The number of amides is 1. The van der Waals surface area contributed by atoms with E-state index in [9.17, 15) is 13.2 Å². The largest absolute Gasteiger partial charge is 0.374 e. The van der Waals surface area contributed by atoms with Gasteiger partial charge in [0.25, 0.3) is 0 Å². The number of aryl methyl sites for hydroxylation is 1. The molecule has 0 aliphatic heterocycles. The lowest BCUT2D eigenvalue weighted by Gasteiger charge is -2.13. The number of hydrogen-bond acceptors (Lipinski definition) is 4. The third-order valence-electron chi connectivity index (χ3n) is 4.26. The molecule has 0 saturated heterocycles. The molecule has 0 fully saturated rings. The van der Waals surface area contributed by atoms with Crippen molar-refractivity contribution in [1.82, 2.24) is 5.32 Å².